The Morgan fingerprint density at radius 3 is 2.55 bits per heavy atom. The van der Waals surface area contributed by atoms with Crippen LogP contribution in [0.15, 0.2) is 47.8 Å². The lowest BCUT2D eigenvalue weighted by atomic mass is 9.99. The van der Waals surface area contributed by atoms with Gasteiger partial charge in [-0.15, -0.1) is 0 Å². The van der Waals surface area contributed by atoms with E-state index in [4.69, 9.17) is 19.3 Å². The lowest BCUT2D eigenvalue weighted by molar-refractivity contribution is 0.0323. The van der Waals surface area contributed by atoms with Crippen LogP contribution in [-0.2, 0) is 14.8 Å². The van der Waals surface area contributed by atoms with Gasteiger partial charge in [-0.25, -0.2) is 37.3 Å². The molecule has 1 fully saturated rings. The second-order valence-corrected chi connectivity index (χ2v) is 10.7. The molecule has 5 rings (SSSR count). The molecular weight excluding hydrogens is 544 g/mol. The Morgan fingerprint density at radius 2 is 1.82 bits per heavy atom. The molecule has 3 heterocycles. The summed E-state index contributed by atoms with van der Waals surface area (Å²) >= 11 is 0. The molecular formula is C27H27F2N5O5S. The van der Waals surface area contributed by atoms with Crippen LogP contribution in [0.25, 0.3) is 33.2 Å². The minimum atomic E-state index is -4.68. The second kappa shape index (κ2) is 11.4. The summed E-state index contributed by atoms with van der Waals surface area (Å²) in [7, 11) is -3.34. The lowest BCUT2D eigenvalue weighted by Crippen LogP contribution is -2.38. The molecule has 13 heteroatoms. The van der Waals surface area contributed by atoms with Crippen molar-refractivity contribution in [1.29, 1.82) is 0 Å². The van der Waals surface area contributed by atoms with Crippen molar-refractivity contribution in [3.05, 3.63) is 60.2 Å². The zero-order chi connectivity index (χ0) is 28.4. The van der Waals surface area contributed by atoms with Crippen LogP contribution in [0.5, 0.6) is 11.6 Å². The van der Waals surface area contributed by atoms with Crippen LogP contribution in [-0.4, -0.2) is 74.8 Å². The summed E-state index contributed by atoms with van der Waals surface area (Å²) in [5.74, 6) is -2.09. The highest BCUT2D eigenvalue weighted by Crippen LogP contribution is 2.38. The van der Waals surface area contributed by atoms with E-state index < -0.39 is 26.6 Å². The fourth-order valence-electron chi connectivity index (χ4n) is 4.61. The lowest BCUT2D eigenvalue weighted by Gasteiger charge is -2.26. The van der Waals surface area contributed by atoms with Gasteiger partial charge in [0, 0.05) is 53.6 Å². The number of benzene rings is 2. The van der Waals surface area contributed by atoms with Gasteiger partial charge in [0.1, 0.15) is 30.0 Å². The minimum absolute atomic E-state index is 0.0110. The predicted molar refractivity (Wildman–Crippen MR) is 144 cm³/mol. The average Bonchev–Trinajstić information content (AvgIpc) is 2.93. The third-order valence-corrected chi connectivity index (χ3v) is 7.62. The number of aromatic nitrogens is 3. The van der Waals surface area contributed by atoms with Crippen molar-refractivity contribution in [3.8, 4) is 33.9 Å². The Labute approximate surface area is 229 Å². The molecule has 1 aliphatic rings. The number of methoxy groups -OCH3 is 1. The number of rotatable bonds is 8. The largest absolute Gasteiger partial charge is 0.490 e. The van der Waals surface area contributed by atoms with Gasteiger partial charge in [-0.05, 0) is 42.8 Å². The molecule has 0 amide bonds. The normalized spacial score (nSPS) is 14.4. The molecule has 10 nitrogen and oxygen atoms in total. The monoisotopic (exact) mass is 571 g/mol. The molecule has 2 N–H and O–H groups in total. The molecule has 0 spiro atoms. The maximum atomic E-state index is 15.4. The van der Waals surface area contributed by atoms with Crippen LogP contribution >= 0.6 is 0 Å². The van der Waals surface area contributed by atoms with E-state index in [2.05, 4.69) is 19.9 Å². The zero-order valence-electron chi connectivity index (χ0n) is 21.9. The molecule has 0 aliphatic carbocycles. The third-order valence-electron chi connectivity index (χ3n) is 6.67. The molecule has 2 aromatic heterocycles. The van der Waals surface area contributed by atoms with Gasteiger partial charge in [0.25, 0.3) is 0 Å². The fraction of sp³-hybridized carbons (Fsp3) is 0.296. The molecule has 0 atom stereocenters. The Bertz CT molecular complexity index is 1680. The number of fused-ring (bicyclic) bond motifs is 1. The summed E-state index contributed by atoms with van der Waals surface area (Å²) in [5.41, 5.74) is 2.45. The topological polar surface area (TPSA) is 130 Å². The fourth-order valence-corrected chi connectivity index (χ4v) is 5.31. The number of ether oxygens (including phenoxy) is 3. The second-order valence-electron chi connectivity index (χ2n) is 9.20. The van der Waals surface area contributed by atoms with Gasteiger partial charge in [0.2, 0.25) is 15.9 Å². The number of hydrogen-bond donors (Lipinski definition) is 1. The van der Waals surface area contributed by atoms with Crippen LogP contribution in [0.1, 0.15) is 5.69 Å². The number of pyridine rings is 1. The molecule has 2 aromatic carbocycles. The highest BCUT2D eigenvalue weighted by atomic mass is 32.2. The van der Waals surface area contributed by atoms with Gasteiger partial charge < -0.3 is 14.2 Å². The van der Waals surface area contributed by atoms with E-state index in [9.17, 15) is 12.8 Å². The van der Waals surface area contributed by atoms with E-state index in [1.54, 1.807) is 12.1 Å². The van der Waals surface area contributed by atoms with Gasteiger partial charge >= 0.3 is 0 Å². The van der Waals surface area contributed by atoms with Gasteiger partial charge in [-0.3, -0.25) is 4.90 Å². The number of nitrogens with two attached hydrogens (primary N) is 1. The number of primary sulfonamides is 1. The van der Waals surface area contributed by atoms with Crippen LogP contribution in [0.4, 0.5) is 8.78 Å². The summed E-state index contributed by atoms with van der Waals surface area (Å²) in [6.07, 6.45) is 3.00. The summed E-state index contributed by atoms with van der Waals surface area (Å²) in [6.45, 7) is 6.02. The van der Waals surface area contributed by atoms with Gasteiger partial charge in [0.05, 0.1) is 20.3 Å². The van der Waals surface area contributed by atoms with Crippen molar-refractivity contribution < 1.29 is 31.4 Å². The van der Waals surface area contributed by atoms with Crippen LogP contribution < -0.4 is 14.6 Å². The molecule has 1 saturated heterocycles. The molecule has 210 valence electrons. The number of halogens is 2. The van der Waals surface area contributed by atoms with Crippen molar-refractivity contribution in [1.82, 2.24) is 19.9 Å². The van der Waals surface area contributed by atoms with Crippen molar-refractivity contribution in [2.24, 2.45) is 5.14 Å². The first-order chi connectivity index (χ1) is 19.2. The first-order valence-electron chi connectivity index (χ1n) is 12.4. The summed E-state index contributed by atoms with van der Waals surface area (Å²) < 4.78 is 70.3. The van der Waals surface area contributed by atoms with Crippen LogP contribution in [0, 0.1) is 18.6 Å². The van der Waals surface area contributed by atoms with E-state index in [1.807, 2.05) is 13.0 Å². The number of sulfonamides is 1. The Kier molecular flexibility index (Phi) is 7.90. The zero-order valence-corrected chi connectivity index (χ0v) is 22.7. The van der Waals surface area contributed by atoms with E-state index in [-0.39, 0.29) is 17.0 Å². The number of aryl methyl sites for hydroxylation is 1. The molecule has 0 radical (unpaired) electrons. The molecule has 40 heavy (non-hydrogen) atoms. The third kappa shape index (κ3) is 5.59. The predicted octanol–water partition coefficient (Wildman–Crippen LogP) is 3.31. The Hall–Kier alpha value is -3.78. The van der Waals surface area contributed by atoms with Gasteiger partial charge in [0.15, 0.2) is 10.7 Å². The maximum Gasteiger partial charge on any atom is 0.243 e. The molecule has 0 saturated carbocycles. The summed E-state index contributed by atoms with van der Waals surface area (Å²) in [4.78, 5) is 14.1. The van der Waals surface area contributed by atoms with Crippen molar-refractivity contribution >= 4 is 20.9 Å². The maximum absolute atomic E-state index is 15.4. The molecule has 4 aromatic rings. The van der Waals surface area contributed by atoms with E-state index in [1.165, 1.54) is 19.6 Å². The van der Waals surface area contributed by atoms with Crippen molar-refractivity contribution in [2.45, 2.75) is 11.8 Å². The minimum Gasteiger partial charge on any atom is -0.490 e. The van der Waals surface area contributed by atoms with Crippen LogP contribution in [0.3, 0.4) is 0 Å². The Balaban J connectivity index is 1.58. The highest BCUT2D eigenvalue weighted by molar-refractivity contribution is 7.89. The molecule has 0 unspecified atom stereocenters. The average molecular weight is 572 g/mol. The number of hydrogen-bond acceptors (Lipinski definition) is 9. The molecule has 1 aliphatic heterocycles. The van der Waals surface area contributed by atoms with Crippen molar-refractivity contribution in [2.75, 3.05) is 46.6 Å². The summed E-state index contributed by atoms with van der Waals surface area (Å²) in [5, 5.41) is 5.83. The quantitative estimate of drug-likeness (QED) is 0.339. The number of morpholine rings is 1. The summed E-state index contributed by atoms with van der Waals surface area (Å²) in [6, 6.07) is 7.19. The van der Waals surface area contributed by atoms with E-state index in [0.717, 1.165) is 36.3 Å². The number of nitrogens with zero attached hydrogens (tertiary/aromatic N) is 4. The first-order valence-corrected chi connectivity index (χ1v) is 14.0. The first kappa shape index (κ1) is 27.8. The van der Waals surface area contributed by atoms with E-state index in [0.29, 0.717) is 48.8 Å². The van der Waals surface area contributed by atoms with E-state index >= 15 is 4.39 Å². The van der Waals surface area contributed by atoms with Crippen LogP contribution in [0.2, 0.25) is 0 Å². The smallest absolute Gasteiger partial charge is 0.243 e. The SMILES string of the molecule is COc1ncc(-c2cc(OCCN3CCOCC3)c3ncnc(C)c3c2)cc1-c1ccc(F)c(S(N)(=O)=O)c1F. The molecule has 0 bridgehead atoms. The Morgan fingerprint density at radius 1 is 1.05 bits per heavy atom. The standard InChI is InChI=1S/C27H27F2N5O5S/c1-16-20-11-17(13-23(25(20)33-15-32-16)39-10-7-34-5-8-38-9-6-34)18-12-21(27(37-2)31-14-18)19-3-4-22(28)26(24(19)29)40(30,35)36/h3-4,11-15H,5-10H2,1-2H3,(H2,30,35,36). The van der Waals surface area contributed by atoms with Gasteiger partial charge in [-0.2, -0.15) is 0 Å². The highest BCUT2D eigenvalue weighted by Gasteiger charge is 2.26. The van der Waals surface area contributed by atoms with Gasteiger partial charge in [-0.1, -0.05) is 0 Å². The van der Waals surface area contributed by atoms with Crippen molar-refractivity contribution in [3.63, 3.8) is 0 Å².